The van der Waals surface area contributed by atoms with Gasteiger partial charge in [0.15, 0.2) is 16.7 Å². The zero-order valence-corrected chi connectivity index (χ0v) is 21.1. The van der Waals surface area contributed by atoms with Gasteiger partial charge in [0.2, 0.25) is 0 Å². The molecule has 0 saturated carbocycles. The molecule has 9 heteroatoms. The molecule has 0 saturated heterocycles. The number of carbonyl (C=O) groups excluding carboxylic acids is 1. The van der Waals surface area contributed by atoms with E-state index in [2.05, 4.69) is 36.4 Å². The Morgan fingerprint density at radius 3 is 2.48 bits per heavy atom. The number of thioether (sulfide) groups is 1. The van der Waals surface area contributed by atoms with Crippen LogP contribution in [-0.2, 0) is 11.4 Å². The first-order valence-corrected chi connectivity index (χ1v) is 12.1. The van der Waals surface area contributed by atoms with Crippen molar-refractivity contribution in [2.24, 2.45) is 5.10 Å². The summed E-state index contributed by atoms with van der Waals surface area (Å²) in [6.07, 6.45) is 1.56. The Hall–Kier alpha value is -2.91. The molecule has 3 aromatic rings. The van der Waals surface area contributed by atoms with Gasteiger partial charge in [-0.3, -0.25) is 4.79 Å². The molecular formula is C24H25BrN4O3S. The Morgan fingerprint density at radius 1 is 1.09 bits per heavy atom. The summed E-state index contributed by atoms with van der Waals surface area (Å²) < 4.78 is 12.5. The van der Waals surface area contributed by atoms with E-state index in [4.69, 9.17) is 9.47 Å². The first-order chi connectivity index (χ1) is 15.9. The van der Waals surface area contributed by atoms with E-state index in [1.165, 1.54) is 11.8 Å². The van der Waals surface area contributed by atoms with Gasteiger partial charge in [-0.05, 0) is 60.5 Å². The maximum absolute atomic E-state index is 12.1. The van der Waals surface area contributed by atoms with Crippen molar-refractivity contribution in [3.8, 4) is 11.5 Å². The van der Waals surface area contributed by atoms with Crippen LogP contribution in [0.3, 0.4) is 0 Å². The lowest BCUT2D eigenvalue weighted by Crippen LogP contribution is -2.20. The third kappa shape index (κ3) is 7.87. The van der Waals surface area contributed by atoms with Gasteiger partial charge >= 0.3 is 0 Å². The van der Waals surface area contributed by atoms with E-state index < -0.39 is 0 Å². The fourth-order valence-electron chi connectivity index (χ4n) is 2.86. The molecule has 7 nitrogen and oxygen atoms in total. The minimum atomic E-state index is -0.247. The summed E-state index contributed by atoms with van der Waals surface area (Å²) in [6.45, 7) is 6.63. The fraction of sp³-hybridized carbons (Fsp3) is 0.250. The summed E-state index contributed by atoms with van der Waals surface area (Å²) in [5.74, 6) is 1.14. The van der Waals surface area contributed by atoms with Crippen LogP contribution in [0.25, 0.3) is 0 Å². The number of aromatic nitrogens is 2. The number of benzene rings is 2. The molecule has 3 rings (SSSR count). The van der Waals surface area contributed by atoms with Crippen LogP contribution in [0.1, 0.15) is 29.4 Å². The Morgan fingerprint density at radius 2 is 1.79 bits per heavy atom. The highest BCUT2D eigenvalue weighted by Crippen LogP contribution is 2.33. The van der Waals surface area contributed by atoms with Gasteiger partial charge in [-0.25, -0.2) is 15.4 Å². The van der Waals surface area contributed by atoms with Gasteiger partial charge in [-0.15, -0.1) is 0 Å². The highest BCUT2D eigenvalue weighted by atomic mass is 79.9. The standard InChI is InChI=1S/C24H25BrN4O3S/c1-4-31-21-11-19(20(25)12-22(21)32-14-18-8-6-5-7-9-18)13-26-29-23(30)15-33-24-27-16(2)10-17(3)28-24/h5-13H,4,14-15H2,1-3H3,(H,29,30)/b26-13-. The lowest BCUT2D eigenvalue weighted by molar-refractivity contribution is -0.118. The van der Waals surface area contributed by atoms with E-state index in [1.807, 2.05) is 69.3 Å². The molecule has 1 heterocycles. The molecule has 0 radical (unpaired) electrons. The smallest absolute Gasteiger partial charge is 0.250 e. The molecule has 0 bridgehead atoms. The lowest BCUT2D eigenvalue weighted by Gasteiger charge is -2.14. The highest BCUT2D eigenvalue weighted by Gasteiger charge is 2.11. The van der Waals surface area contributed by atoms with E-state index in [-0.39, 0.29) is 11.7 Å². The largest absolute Gasteiger partial charge is 0.490 e. The summed E-state index contributed by atoms with van der Waals surface area (Å²) in [5, 5.41) is 4.64. The fourth-order valence-corrected chi connectivity index (χ4v) is 4.03. The second-order valence-electron chi connectivity index (χ2n) is 7.04. The van der Waals surface area contributed by atoms with Gasteiger partial charge in [-0.1, -0.05) is 42.1 Å². The van der Waals surface area contributed by atoms with Crippen molar-refractivity contribution in [2.45, 2.75) is 32.5 Å². The van der Waals surface area contributed by atoms with Gasteiger partial charge in [0, 0.05) is 21.4 Å². The van der Waals surface area contributed by atoms with Crippen LogP contribution in [0, 0.1) is 13.8 Å². The van der Waals surface area contributed by atoms with Crippen LogP contribution in [0.2, 0.25) is 0 Å². The predicted molar refractivity (Wildman–Crippen MR) is 134 cm³/mol. The van der Waals surface area contributed by atoms with Crippen molar-refractivity contribution >= 4 is 39.8 Å². The summed E-state index contributed by atoms with van der Waals surface area (Å²) in [4.78, 5) is 20.8. The van der Waals surface area contributed by atoms with Crippen molar-refractivity contribution in [3.63, 3.8) is 0 Å². The zero-order chi connectivity index (χ0) is 23.6. The van der Waals surface area contributed by atoms with Crippen LogP contribution < -0.4 is 14.9 Å². The van der Waals surface area contributed by atoms with Crippen LogP contribution in [-0.4, -0.2) is 34.4 Å². The van der Waals surface area contributed by atoms with Gasteiger partial charge in [0.05, 0.1) is 18.6 Å². The number of hydrogen-bond acceptors (Lipinski definition) is 7. The number of rotatable bonds is 10. The lowest BCUT2D eigenvalue weighted by atomic mass is 10.2. The maximum atomic E-state index is 12.1. The Labute approximate surface area is 206 Å². The topological polar surface area (TPSA) is 85.7 Å². The highest BCUT2D eigenvalue weighted by molar-refractivity contribution is 9.10. The average Bonchev–Trinajstić information content (AvgIpc) is 2.79. The normalized spacial score (nSPS) is 10.9. The Bertz CT molecular complexity index is 1110. The van der Waals surface area contributed by atoms with Gasteiger partial charge in [0.1, 0.15) is 6.61 Å². The van der Waals surface area contributed by atoms with Crippen molar-refractivity contribution in [3.05, 3.63) is 75.5 Å². The summed E-state index contributed by atoms with van der Waals surface area (Å²) in [5.41, 5.74) is 6.08. The SMILES string of the molecule is CCOc1cc(/C=N\NC(=O)CSc2nc(C)cc(C)n2)c(Br)cc1OCc1ccccc1. The minimum Gasteiger partial charge on any atom is -0.490 e. The number of nitrogens with one attached hydrogen (secondary N) is 1. The van der Waals surface area contributed by atoms with E-state index in [9.17, 15) is 4.79 Å². The van der Waals surface area contributed by atoms with E-state index in [0.29, 0.717) is 29.9 Å². The van der Waals surface area contributed by atoms with Crippen molar-refractivity contribution in [2.75, 3.05) is 12.4 Å². The number of hydrazone groups is 1. The Kier molecular flexibility index (Phi) is 9.26. The summed E-state index contributed by atoms with van der Waals surface area (Å²) >= 11 is 4.81. The van der Waals surface area contributed by atoms with Gasteiger partial charge in [-0.2, -0.15) is 5.10 Å². The second kappa shape index (κ2) is 12.4. The minimum absolute atomic E-state index is 0.165. The predicted octanol–water partition coefficient (Wildman–Crippen LogP) is 5.08. The van der Waals surface area contributed by atoms with Gasteiger partial charge < -0.3 is 9.47 Å². The molecule has 0 aliphatic rings. The number of carbonyl (C=O) groups is 1. The van der Waals surface area contributed by atoms with Crippen molar-refractivity contribution < 1.29 is 14.3 Å². The Balaban J connectivity index is 1.60. The number of halogens is 1. The molecule has 1 aromatic heterocycles. The van der Waals surface area contributed by atoms with E-state index in [1.54, 1.807) is 6.21 Å². The number of aryl methyl sites for hydroxylation is 2. The molecule has 0 atom stereocenters. The second-order valence-corrected chi connectivity index (χ2v) is 8.84. The third-order valence-corrected chi connectivity index (χ3v) is 5.82. The van der Waals surface area contributed by atoms with Crippen LogP contribution in [0.5, 0.6) is 11.5 Å². The molecule has 172 valence electrons. The number of amides is 1. The summed E-state index contributed by atoms with van der Waals surface area (Å²) in [7, 11) is 0. The molecule has 2 aromatic carbocycles. The molecule has 33 heavy (non-hydrogen) atoms. The monoisotopic (exact) mass is 528 g/mol. The molecular weight excluding hydrogens is 504 g/mol. The quantitative estimate of drug-likeness (QED) is 0.171. The zero-order valence-electron chi connectivity index (χ0n) is 18.7. The third-order valence-electron chi connectivity index (χ3n) is 4.29. The molecule has 1 N–H and O–H groups in total. The van der Waals surface area contributed by atoms with Crippen LogP contribution in [0.4, 0.5) is 0 Å². The van der Waals surface area contributed by atoms with Crippen LogP contribution in [0.15, 0.2) is 63.3 Å². The van der Waals surface area contributed by atoms with Crippen molar-refractivity contribution in [1.29, 1.82) is 0 Å². The van der Waals surface area contributed by atoms with E-state index in [0.717, 1.165) is 27.0 Å². The molecule has 0 aliphatic heterocycles. The van der Waals surface area contributed by atoms with Crippen LogP contribution >= 0.6 is 27.7 Å². The average molecular weight is 529 g/mol. The number of ether oxygens (including phenoxy) is 2. The summed E-state index contributed by atoms with van der Waals surface area (Å²) in [6, 6.07) is 15.5. The van der Waals surface area contributed by atoms with Gasteiger partial charge in [0.25, 0.3) is 5.91 Å². The molecule has 0 aliphatic carbocycles. The molecule has 1 amide bonds. The van der Waals surface area contributed by atoms with Crippen molar-refractivity contribution in [1.82, 2.24) is 15.4 Å². The molecule has 0 unspecified atom stereocenters. The maximum Gasteiger partial charge on any atom is 0.250 e. The number of nitrogens with zero attached hydrogens (tertiary/aromatic N) is 3. The first-order valence-electron chi connectivity index (χ1n) is 10.3. The first kappa shape index (κ1) is 24.7. The number of hydrogen-bond donors (Lipinski definition) is 1. The molecule has 0 fully saturated rings. The molecule has 0 spiro atoms. The van der Waals surface area contributed by atoms with E-state index >= 15 is 0 Å².